The van der Waals surface area contributed by atoms with Crippen molar-refractivity contribution in [2.24, 2.45) is 5.92 Å². The minimum Gasteiger partial charge on any atom is -0.467 e. The molecule has 10 heteroatoms. The maximum atomic E-state index is 13.2. The van der Waals surface area contributed by atoms with E-state index in [4.69, 9.17) is 21.1 Å². The van der Waals surface area contributed by atoms with Gasteiger partial charge in [0, 0.05) is 28.1 Å². The number of likely N-dealkylation sites (tertiary alicyclic amines) is 1. The van der Waals surface area contributed by atoms with Crippen molar-refractivity contribution in [3.8, 4) is 0 Å². The maximum Gasteiger partial charge on any atom is 0.333 e. The van der Waals surface area contributed by atoms with E-state index in [9.17, 15) is 18.0 Å². The van der Waals surface area contributed by atoms with Gasteiger partial charge in [-0.1, -0.05) is 54.1 Å². The van der Waals surface area contributed by atoms with Crippen molar-refractivity contribution in [1.82, 2.24) is 4.90 Å². The number of nitrogens with zero attached hydrogens (tertiary/aromatic N) is 1. The van der Waals surface area contributed by atoms with Crippen LogP contribution >= 0.6 is 22.4 Å². The quantitative estimate of drug-likeness (QED) is 0.352. The molecule has 35 heavy (non-hydrogen) atoms. The standard InChI is InChI=1S/C25H28ClNO6S2/c1-5-33-24(28)22-17(3)27(23(25(29)32-4)19-8-6-7-9-20(19)26)15-14-21(22)34-35(30,31)18-12-10-16(2)11-13-18/h6-13,21-23H,3,5,14-15H2,1-2,4H3. The lowest BCUT2D eigenvalue weighted by molar-refractivity contribution is -0.151. The van der Waals surface area contributed by atoms with Gasteiger partial charge in [0.25, 0.3) is 0 Å². The Balaban J connectivity index is 1.97. The van der Waals surface area contributed by atoms with Gasteiger partial charge in [0.1, 0.15) is 5.92 Å². The summed E-state index contributed by atoms with van der Waals surface area (Å²) in [6.45, 7) is 8.04. The van der Waals surface area contributed by atoms with E-state index in [0.717, 1.165) is 5.56 Å². The Hall–Kier alpha value is -2.49. The van der Waals surface area contributed by atoms with Gasteiger partial charge in [0.2, 0.25) is 8.87 Å². The SMILES string of the molecule is C=C1C(C(=O)OCC)C(SS(=O)(=O)c2ccc(C)cc2)CCN1C(C(=O)OC)c1ccccc1Cl. The van der Waals surface area contributed by atoms with Crippen LogP contribution in [0.4, 0.5) is 0 Å². The molecule has 0 aromatic heterocycles. The van der Waals surface area contributed by atoms with Crippen LogP contribution in [-0.2, 0) is 27.9 Å². The number of hydrogen-bond acceptors (Lipinski definition) is 8. The third-order valence-electron chi connectivity index (χ3n) is 5.79. The average Bonchev–Trinajstić information content (AvgIpc) is 2.81. The maximum absolute atomic E-state index is 13.2. The molecule has 7 nitrogen and oxygen atoms in total. The molecule has 188 valence electrons. The summed E-state index contributed by atoms with van der Waals surface area (Å²) in [6.07, 6.45) is 0.288. The first kappa shape index (κ1) is 27.1. The van der Waals surface area contributed by atoms with Crippen LogP contribution in [0, 0.1) is 12.8 Å². The van der Waals surface area contributed by atoms with E-state index in [-0.39, 0.29) is 30.2 Å². The van der Waals surface area contributed by atoms with Crippen molar-refractivity contribution < 1.29 is 27.5 Å². The minimum absolute atomic E-state index is 0.121. The van der Waals surface area contributed by atoms with Crippen LogP contribution in [0.15, 0.2) is 65.7 Å². The second kappa shape index (κ2) is 11.5. The molecule has 0 saturated carbocycles. The lowest BCUT2D eigenvalue weighted by atomic mass is 9.91. The predicted octanol–water partition coefficient (Wildman–Crippen LogP) is 4.75. The third-order valence-corrected chi connectivity index (χ3v) is 10.1. The first-order valence-corrected chi connectivity index (χ1v) is 14.3. The monoisotopic (exact) mass is 537 g/mol. The number of aryl methyl sites for hydroxylation is 1. The number of halogens is 1. The Labute approximate surface area is 214 Å². The molecule has 0 bridgehead atoms. The fourth-order valence-electron chi connectivity index (χ4n) is 4.04. The second-order valence-electron chi connectivity index (χ2n) is 8.05. The van der Waals surface area contributed by atoms with Crippen LogP contribution in [0.3, 0.4) is 0 Å². The molecule has 0 N–H and O–H groups in total. The molecule has 3 unspecified atom stereocenters. The lowest BCUT2D eigenvalue weighted by Crippen LogP contribution is -2.47. The van der Waals surface area contributed by atoms with Gasteiger partial charge in [0.05, 0.1) is 18.6 Å². The molecule has 2 aromatic carbocycles. The van der Waals surface area contributed by atoms with E-state index in [1.165, 1.54) is 7.11 Å². The number of esters is 2. The van der Waals surface area contributed by atoms with E-state index >= 15 is 0 Å². The Morgan fingerprint density at radius 3 is 2.46 bits per heavy atom. The molecule has 2 aromatic rings. The van der Waals surface area contributed by atoms with E-state index in [0.29, 0.717) is 21.4 Å². The molecule has 3 rings (SSSR count). The van der Waals surface area contributed by atoms with Gasteiger partial charge >= 0.3 is 11.9 Å². The summed E-state index contributed by atoms with van der Waals surface area (Å²) in [5.74, 6) is -2.15. The first-order valence-electron chi connectivity index (χ1n) is 11.0. The van der Waals surface area contributed by atoms with Crippen molar-refractivity contribution in [2.45, 2.75) is 36.5 Å². The second-order valence-corrected chi connectivity index (χ2v) is 12.5. The fraction of sp³-hybridized carbons (Fsp3) is 0.360. The topological polar surface area (TPSA) is 90.0 Å². The molecule has 3 atom stereocenters. The first-order chi connectivity index (χ1) is 16.6. The van der Waals surface area contributed by atoms with Crippen molar-refractivity contribution >= 4 is 43.2 Å². The van der Waals surface area contributed by atoms with Crippen molar-refractivity contribution in [3.63, 3.8) is 0 Å². The van der Waals surface area contributed by atoms with E-state index in [1.54, 1.807) is 60.4 Å². The number of carbonyl (C=O) groups excluding carboxylic acids is 2. The summed E-state index contributed by atoms with van der Waals surface area (Å²) in [5, 5.41) is -0.296. The van der Waals surface area contributed by atoms with Crippen LogP contribution in [-0.4, -0.2) is 50.8 Å². The van der Waals surface area contributed by atoms with Gasteiger partial charge in [-0.15, -0.1) is 0 Å². The van der Waals surface area contributed by atoms with Gasteiger partial charge < -0.3 is 14.4 Å². The van der Waals surface area contributed by atoms with Gasteiger partial charge in [0.15, 0.2) is 6.04 Å². The molecule has 1 saturated heterocycles. The summed E-state index contributed by atoms with van der Waals surface area (Å²) in [6, 6.07) is 12.5. The van der Waals surface area contributed by atoms with Crippen molar-refractivity contribution in [3.05, 3.63) is 77.0 Å². The molecule has 0 amide bonds. The largest absolute Gasteiger partial charge is 0.467 e. The molecule has 1 heterocycles. The highest BCUT2D eigenvalue weighted by Crippen LogP contribution is 2.43. The number of rotatable bonds is 8. The zero-order valence-corrected chi connectivity index (χ0v) is 22.2. The Morgan fingerprint density at radius 1 is 1.20 bits per heavy atom. The van der Waals surface area contributed by atoms with Crippen LogP contribution in [0.1, 0.15) is 30.5 Å². The summed E-state index contributed by atoms with van der Waals surface area (Å²) < 4.78 is 36.6. The number of hydrogen-bond donors (Lipinski definition) is 0. The molecule has 0 spiro atoms. The number of carbonyl (C=O) groups is 2. The molecule has 1 fully saturated rings. The molecule has 1 aliphatic rings. The summed E-state index contributed by atoms with van der Waals surface area (Å²) in [7, 11) is -1.77. The average molecular weight is 538 g/mol. The lowest BCUT2D eigenvalue weighted by Gasteiger charge is -2.43. The Morgan fingerprint density at radius 2 is 1.86 bits per heavy atom. The number of methoxy groups -OCH3 is 1. The number of benzene rings is 2. The highest BCUT2D eigenvalue weighted by molar-refractivity contribution is 8.72. The highest BCUT2D eigenvalue weighted by Gasteiger charge is 2.45. The zero-order valence-electron chi connectivity index (χ0n) is 19.8. The number of ether oxygens (including phenoxy) is 2. The van der Waals surface area contributed by atoms with Gasteiger partial charge in [-0.25, -0.2) is 13.2 Å². The van der Waals surface area contributed by atoms with Gasteiger partial charge in [-0.2, -0.15) is 0 Å². The smallest absolute Gasteiger partial charge is 0.333 e. The molecule has 1 aliphatic heterocycles. The summed E-state index contributed by atoms with van der Waals surface area (Å²) in [4.78, 5) is 27.7. The van der Waals surface area contributed by atoms with Crippen molar-refractivity contribution in [1.29, 1.82) is 0 Å². The zero-order chi connectivity index (χ0) is 25.8. The van der Waals surface area contributed by atoms with E-state index in [1.807, 2.05) is 6.92 Å². The fourth-order valence-corrected chi connectivity index (χ4v) is 8.03. The normalized spacial score (nSPS) is 19.2. The Kier molecular flexibility index (Phi) is 8.90. The van der Waals surface area contributed by atoms with Crippen molar-refractivity contribution in [2.75, 3.05) is 20.3 Å². The van der Waals surface area contributed by atoms with Crippen LogP contribution in [0.2, 0.25) is 5.02 Å². The number of piperidine rings is 1. The third kappa shape index (κ3) is 6.02. The molecule has 0 aliphatic carbocycles. The minimum atomic E-state index is -3.76. The molecule has 0 radical (unpaired) electrons. The summed E-state index contributed by atoms with van der Waals surface area (Å²) >= 11 is 6.39. The van der Waals surface area contributed by atoms with Crippen LogP contribution < -0.4 is 0 Å². The predicted molar refractivity (Wildman–Crippen MR) is 137 cm³/mol. The summed E-state index contributed by atoms with van der Waals surface area (Å²) in [5.41, 5.74) is 1.72. The van der Waals surface area contributed by atoms with Crippen LogP contribution in [0.5, 0.6) is 0 Å². The molecular formula is C25H28ClNO6S2. The van der Waals surface area contributed by atoms with Gasteiger partial charge in [-0.05, 0) is 49.3 Å². The van der Waals surface area contributed by atoms with E-state index < -0.39 is 38.0 Å². The highest BCUT2D eigenvalue weighted by atomic mass is 35.5. The Bertz CT molecular complexity index is 1200. The van der Waals surface area contributed by atoms with E-state index in [2.05, 4.69) is 6.58 Å². The van der Waals surface area contributed by atoms with Crippen LogP contribution in [0.25, 0.3) is 0 Å². The molecular weight excluding hydrogens is 510 g/mol. The van der Waals surface area contributed by atoms with Gasteiger partial charge in [-0.3, -0.25) is 4.79 Å².